The first-order chi connectivity index (χ1) is 13.6. The number of aromatic nitrogens is 3. The Hall–Kier alpha value is -3.51. The van der Waals surface area contributed by atoms with Crippen LogP contribution in [0, 0.1) is 0 Å². The first-order valence-corrected chi connectivity index (χ1v) is 8.92. The lowest BCUT2D eigenvalue weighted by atomic mass is 10.1. The molecular weight excluding hydrogens is 352 g/mol. The Balaban J connectivity index is 1.77. The van der Waals surface area contributed by atoms with Crippen molar-refractivity contribution in [1.82, 2.24) is 19.3 Å². The van der Waals surface area contributed by atoms with E-state index in [9.17, 15) is 9.90 Å². The van der Waals surface area contributed by atoms with Gasteiger partial charge in [0.15, 0.2) is 5.65 Å². The van der Waals surface area contributed by atoms with Gasteiger partial charge in [0.05, 0.1) is 30.4 Å². The van der Waals surface area contributed by atoms with Gasteiger partial charge in [-0.05, 0) is 17.7 Å². The molecule has 1 N–H and O–H groups in total. The van der Waals surface area contributed by atoms with Gasteiger partial charge in [0.1, 0.15) is 0 Å². The van der Waals surface area contributed by atoms with Gasteiger partial charge >= 0.3 is 0 Å². The maximum Gasteiger partial charge on any atom is 0.253 e. The fourth-order valence-electron chi connectivity index (χ4n) is 3.10. The Morgan fingerprint density at radius 2 is 1.82 bits per heavy atom. The molecule has 0 saturated heterocycles. The van der Waals surface area contributed by atoms with Crippen molar-refractivity contribution in [3.63, 3.8) is 0 Å². The monoisotopic (exact) mass is 372 g/mol. The second kappa shape index (κ2) is 7.25. The fourth-order valence-corrected chi connectivity index (χ4v) is 3.10. The summed E-state index contributed by atoms with van der Waals surface area (Å²) >= 11 is 0. The van der Waals surface area contributed by atoms with Crippen LogP contribution in [0.3, 0.4) is 0 Å². The lowest BCUT2D eigenvalue weighted by molar-refractivity contribution is 0.0827. The first-order valence-electron chi connectivity index (χ1n) is 8.92. The van der Waals surface area contributed by atoms with E-state index in [0.29, 0.717) is 5.56 Å². The molecule has 2 aromatic heterocycles. The van der Waals surface area contributed by atoms with Crippen LogP contribution in [-0.4, -0.2) is 44.4 Å². The molecule has 0 fully saturated rings. The summed E-state index contributed by atoms with van der Waals surface area (Å²) in [6.45, 7) is 0.0174. The van der Waals surface area contributed by atoms with Crippen molar-refractivity contribution in [2.75, 3.05) is 14.1 Å². The number of hydrogen-bond donors (Lipinski definition) is 1. The molecule has 6 nitrogen and oxygen atoms in total. The molecule has 1 amide bonds. The molecule has 0 aliphatic carbocycles. The van der Waals surface area contributed by atoms with Crippen LogP contribution in [0.1, 0.15) is 15.9 Å². The van der Waals surface area contributed by atoms with E-state index in [4.69, 9.17) is 0 Å². The van der Waals surface area contributed by atoms with Crippen molar-refractivity contribution >= 4 is 11.6 Å². The van der Waals surface area contributed by atoms with Gasteiger partial charge < -0.3 is 10.0 Å². The molecular formula is C22H20N4O2. The van der Waals surface area contributed by atoms with Crippen molar-refractivity contribution < 1.29 is 9.90 Å². The fraction of sp³-hybridized carbons (Fsp3) is 0.136. The normalized spacial score (nSPS) is 11.0. The van der Waals surface area contributed by atoms with Crippen molar-refractivity contribution in [1.29, 1.82) is 0 Å². The van der Waals surface area contributed by atoms with Gasteiger partial charge in [-0.2, -0.15) is 0 Å². The number of amides is 1. The predicted molar refractivity (Wildman–Crippen MR) is 108 cm³/mol. The Morgan fingerprint density at radius 1 is 1.04 bits per heavy atom. The van der Waals surface area contributed by atoms with E-state index < -0.39 is 0 Å². The average molecular weight is 372 g/mol. The maximum atomic E-state index is 12.3. The Morgan fingerprint density at radius 3 is 2.54 bits per heavy atom. The largest absolute Gasteiger partial charge is 0.392 e. The summed E-state index contributed by atoms with van der Waals surface area (Å²) in [7, 11) is 3.47. The Kier molecular flexibility index (Phi) is 4.63. The quantitative estimate of drug-likeness (QED) is 0.597. The zero-order valence-electron chi connectivity index (χ0n) is 15.7. The molecule has 0 radical (unpaired) electrons. The summed E-state index contributed by atoms with van der Waals surface area (Å²) in [5.41, 5.74) is 5.78. The number of carbonyl (C=O) groups is 1. The van der Waals surface area contributed by atoms with Gasteiger partial charge in [0.25, 0.3) is 5.91 Å². The highest BCUT2D eigenvalue weighted by atomic mass is 16.3. The minimum atomic E-state index is -0.0461. The molecule has 4 rings (SSSR count). The minimum absolute atomic E-state index is 0.0174. The summed E-state index contributed by atoms with van der Waals surface area (Å²) in [6, 6.07) is 15.2. The van der Waals surface area contributed by atoms with E-state index in [1.165, 1.54) is 0 Å². The van der Waals surface area contributed by atoms with Crippen molar-refractivity contribution in [3.05, 3.63) is 78.2 Å². The van der Waals surface area contributed by atoms with Crippen LogP contribution in [0.15, 0.2) is 67.1 Å². The van der Waals surface area contributed by atoms with Gasteiger partial charge in [-0.15, -0.1) is 0 Å². The standard InChI is InChI=1S/C22H20N4O2/c1-25(2)22(28)18-5-3-4-17(10-18)19-13-26-20(11-24-21(26)12-23-19)16-8-6-15(14-27)7-9-16/h3-13,27H,14H2,1-2H3. The number of imidazole rings is 1. The summed E-state index contributed by atoms with van der Waals surface area (Å²) in [5.74, 6) is -0.0461. The van der Waals surface area contributed by atoms with Gasteiger partial charge in [-0.1, -0.05) is 36.4 Å². The predicted octanol–water partition coefficient (Wildman–Crippen LogP) is 3.26. The van der Waals surface area contributed by atoms with Gasteiger partial charge in [-0.3, -0.25) is 14.2 Å². The molecule has 28 heavy (non-hydrogen) atoms. The lowest BCUT2D eigenvalue weighted by Crippen LogP contribution is -2.21. The van der Waals surface area contributed by atoms with Gasteiger partial charge in [0, 0.05) is 37.0 Å². The van der Waals surface area contributed by atoms with Crippen molar-refractivity contribution in [2.24, 2.45) is 0 Å². The number of rotatable bonds is 4. The molecule has 140 valence electrons. The molecule has 0 bridgehead atoms. The van der Waals surface area contributed by atoms with E-state index in [2.05, 4.69) is 9.97 Å². The molecule has 0 spiro atoms. The Labute approximate surface area is 162 Å². The van der Waals surface area contributed by atoms with Crippen LogP contribution in [0.2, 0.25) is 0 Å². The zero-order valence-corrected chi connectivity index (χ0v) is 15.7. The van der Waals surface area contributed by atoms with Crippen molar-refractivity contribution in [2.45, 2.75) is 6.61 Å². The van der Waals surface area contributed by atoms with Crippen molar-refractivity contribution in [3.8, 4) is 22.5 Å². The number of carbonyl (C=O) groups excluding carboxylic acids is 1. The number of nitrogens with zero attached hydrogens (tertiary/aromatic N) is 4. The molecule has 2 aromatic carbocycles. The lowest BCUT2D eigenvalue weighted by Gasteiger charge is -2.11. The topological polar surface area (TPSA) is 70.7 Å². The van der Waals surface area contributed by atoms with Crippen LogP contribution in [0.5, 0.6) is 0 Å². The van der Waals surface area contributed by atoms with Gasteiger partial charge in [-0.25, -0.2) is 4.98 Å². The van der Waals surface area contributed by atoms with Crippen LogP contribution >= 0.6 is 0 Å². The number of aliphatic hydroxyl groups is 1. The summed E-state index contributed by atoms with van der Waals surface area (Å²) in [5, 5.41) is 9.24. The maximum absolute atomic E-state index is 12.3. The van der Waals surface area contributed by atoms with Crippen LogP contribution in [0.4, 0.5) is 0 Å². The summed E-state index contributed by atoms with van der Waals surface area (Å²) < 4.78 is 1.98. The minimum Gasteiger partial charge on any atom is -0.392 e. The molecule has 0 atom stereocenters. The molecule has 0 unspecified atom stereocenters. The highest BCUT2D eigenvalue weighted by Gasteiger charge is 2.12. The average Bonchev–Trinajstić information content (AvgIpc) is 3.16. The highest BCUT2D eigenvalue weighted by molar-refractivity contribution is 5.95. The second-order valence-corrected chi connectivity index (χ2v) is 6.78. The molecule has 6 heteroatoms. The van der Waals surface area contributed by atoms with Crippen LogP contribution in [-0.2, 0) is 6.61 Å². The second-order valence-electron chi connectivity index (χ2n) is 6.78. The molecule has 4 aromatic rings. The molecule has 0 aliphatic rings. The van der Waals surface area contributed by atoms with E-state index in [1.54, 1.807) is 37.5 Å². The first kappa shape index (κ1) is 17.9. The van der Waals surface area contributed by atoms with E-state index in [-0.39, 0.29) is 12.5 Å². The third kappa shape index (κ3) is 3.25. The summed E-state index contributed by atoms with van der Waals surface area (Å²) in [6.07, 6.45) is 5.46. The number of fused-ring (bicyclic) bond motifs is 1. The van der Waals surface area contributed by atoms with E-state index in [0.717, 1.165) is 33.7 Å². The van der Waals surface area contributed by atoms with E-state index >= 15 is 0 Å². The third-order valence-corrected chi connectivity index (χ3v) is 4.64. The van der Waals surface area contributed by atoms with Crippen LogP contribution in [0.25, 0.3) is 28.2 Å². The Bertz CT molecular complexity index is 1150. The molecule has 0 saturated carbocycles. The molecule has 0 aliphatic heterocycles. The number of hydrogen-bond acceptors (Lipinski definition) is 4. The van der Waals surface area contributed by atoms with E-state index in [1.807, 2.05) is 53.1 Å². The SMILES string of the molecule is CN(C)C(=O)c1cccc(-c2cn3c(-c4ccc(CO)cc4)cnc3cn2)c1. The number of benzene rings is 2. The number of aliphatic hydroxyl groups excluding tert-OH is 1. The summed E-state index contributed by atoms with van der Waals surface area (Å²) in [4.78, 5) is 22.8. The highest BCUT2D eigenvalue weighted by Crippen LogP contribution is 2.24. The molecule has 2 heterocycles. The smallest absolute Gasteiger partial charge is 0.253 e. The zero-order chi connectivity index (χ0) is 19.7. The third-order valence-electron chi connectivity index (χ3n) is 4.64. The van der Waals surface area contributed by atoms with Gasteiger partial charge in [0.2, 0.25) is 0 Å². The van der Waals surface area contributed by atoms with Crippen LogP contribution < -0.4 is 0 Å².